The van der Waals surface area contributed by atoms with E-state index >= 15 is 0 Å². The molecule has 21 heavy (non-hydrogen) atoms. The van der Waals surface area contributed by atoms with Crippen molar-refractivity contribution in [3.8, 4) is 0 Å². The monoisotopic (exact) mass is 287 g/mol. The maximum atomic E-state index is 3.12. The number of hydrogen-bond acceptors (Lipinski definition) is 0. The van der Waals surface area contributed by atoms with Gasteiger partial charge >= 0.3 is 0 Å². The molecule has 0 aliphatic heterocycles. The van der Waals surface area contributed by atoms with Gasteiger partial charge in [-0.2, -0.15) is 0 Å². The molecule has 0 fully saturated rings. The summed E-state index contributed by atoms with van der Waals surface area (Å²) in [5.74, 6) is 2.32. The van der Waals surface area contributed by atoms with Crippen LogP contribution < -0.4 is 10.6 Å². The average Bonchev–Trinajstić information content (AvgIpc) is 2.58. The second-order valence-electron chi connectivity index (χ2n) is 4.69. The average molecular weight is 287 g/mol. The van der Waals surface area contributed by atoms with Crippen molar-refractivity contribution >= 4 is 24.6 Å². The minimum atomic E-state index is -0.469. The highest BCUT2D eigenvalue weighted by atomic mass is 31.1. The van der Waals surface area contributed by atoms with Gasteiger partial charge in [-0.15, -0.1) is 0 Å². The highest BCUT2D eigenvalue weighted by molar-refractivity contribution is 7.75. The van der Waals surface area contributed by atoms with Crippen LogP contribution in [0.3, 0.4) is 0 Å². The van der Waals surface area contributed by atoms with E-state index in [1.54, 1.807) is 0 Å². The number of hydrogen-bond donors (Lipinski definition) is 0. The molecule has 101 valence electrons. The molecule has 0 spiro atoms. The summed E-state index contributed by atoms with van der Waals surface area (Å²) in [7, 11) is -0.469. The summed E-state index contributed by atoms with van der Waals surface area (Å²) in [6.07, 6.45) is 2.20. The largest absolute Gasteiger partial charge is 0.0622 e. The molecule has 0 amide bonds. The zero-order valence-corrected chi connectivity index (χ0v) is 12.6. The summed E-state index contributed by atoms with van der Waals surface area (Å²) in [5, 5.41) is 2.74. The van der Waals surface area contributed by atoms with E-state index in [0.29, 0.717) is 0 Å². The Morgan fingerprint density at radius 2 is 1.33 bits per heavy atom. The van der Waals surface area contributed by atoms with Crippen LogP contribution >= 0.6 is 7.92 Å². The molecule has 0 saturated carbocycles. The maximum Gasteiger partial charge on any atom is -0.0157 e. The van der Waals surface area contributed by atoms with Crippen molar-refractivity contribution in [3.05, 3.63) is 102 Å². The van der Waals surface area contributed by atoms with Crippen molar-refractivity contribution < 1.29 is 0 Å². The van der Waals surface area contributed by atoms with Crippen molar-refractivity contribution in [1.82, 2.24) is 0 Å². The van der Waals surface area contributed by atoms with Crippen molar-refractivity contribution in [2.45, 2.75) is 0 Å². The molecule has 0 aliphatic rings. The van der Waals surface area contributed by atoms with Gasteiger partial charge in [0.2, 0.25) is 0 Å². The number of benzene rings is 3. The Kier molecular flexibility index (Phi) is 4.61. The first kappa shape index (κ1) is 13.8. The maximum absolute atomic E-state index is 3.12. The van der Waals surface area contributed by atoms with Gasteiger partial charge in [0.15, 0.2) is 0 Å². The molecule has 1 radical (unpaired) electrons. The van der Waals surface area contributed by atoms with E-state index in [1.807, 2.05) is 18.2 Å². The standard InChI is InChI=1S/C20H16P/c1-4-10-18(11-5-1)16-17-21(19-12-6-2-7-13-19)20-14-8-3-9-15-20/h1-4,6-17H. The fraction of sp³-hybridized carbons (Fsp3) is 0. The van der Waals surface area contributed by atoms with Crippen LogP contribution in [0.25, 0.3) is 6.08 Å². The Hall–Kier alpha value is -2.17. The molecular formula is C20H16P. The van der Waals surface area contributed by atoms with E-state index < -0.39 is 7.92 Å². The minimum absolute atomic E-state index is 0.469. The SMILES string of the molecule is [c]1cccc(C=CP(c2ccccc2)c2ccccc2)c1. The molecule has 3 aromatic carbocycles. The lowest BCUT2D eigenvalue weighted by Crippen LogP contribution is -2.09. The van der Waals surface area contributed by atoms with Gasteiger partial charge in [-0.3, -0.25) is 0 Å². The van der Waals surface area contributed by atoms with Crippen LogP contribution in [-0.4, -0.2) is 0 Å². The third kappa shape index (κ3) is 3.68. The summed E-state index contributed by atoms with van der Waals surface area (Å²) >= 11 is 0. The van der Waals surface area contributed by atoms with Gasteiger partial charge < -0.3 is 0 Å². The van der Waals surface area contributed by atoms with E-state index in [9.17, 15) is 0 Å². The van der Waals surface area contributed by atoms with Gasteiger partial charge in [-0.1, -0.05) is 90.8 Å². The molecule has 0 aromatic heterocycles. The van der Waals surface area contributed by atoms with E-state index in [1.165, 1.54) is 16.2 Å². The highest BCUT2D eigenvalue weighted by Gasteiger charge is 2.09. The van der Waals surface area contributed by atoms with Crippen molar-refractivity contribution in [2.24, 2.45) is 0 Å². The predicted octanol–water partition coefficient (Wildman–Crippen LogP) is 4.59. The van der Waals surface area contributed by atoms with Crippen molar-refractivity contribution in [2.75, 3.05) is 0 Å². The molecular weight excluding hydrogens is 271 g/mol. The molecule has 0 atom stereocenters. The predicted molar refractivity (Wildman–Crippen MR) is 93.4 cm³/mol. The van der Waals surface area contributed by atoms with Crippen LogP contribution in [-0.2, 0) is 0 Å². The smallest absolute Gasteiger partial charge is 0.0157 e. The van der Waals surface area contributed by atoms with E-state index in [-0.39, 0.29) is 0 Å². The Bertz CT molecular complexity index is 648. The summed E-state index contributed by atoms with van der Waals surface area (Å²) in [6, 6.07) is 32.6. The van der Waals surface area contributed by atoms with E-state index in [4.69, 9.17) is 0 Å². The molecule has 0 heterocycles. The van der Waals surface area contributed by atoms with Gasteiger partial charge in [0.25, 0.3) is 0 Å². The van der Waals surface area contributed by atoms with Crippen molar-refractivity contribution in [1.29, 1.82) is 0 Å². The first-order valence-electron chi connectivity index (χ1n) is 6.97. The van der Waals surface area contributed by atoms with E-state index in [2.05, 4.69) is 84.7 Å². The molecule has 0 unspecified atom stereocenters. The normalized spacial score (nSPS) is 11.1. The van der Waals surface area contributed by atoms with Crippen LogP contribution in [0.15, 0.2) is 90.7 Å². The zero-order valence-electron chi connectivity index (χ0n) is 11.7. The Balaban J connectivity index is 1.96. The van der Waals surface area contributed by atoms with Gasteiger partial charge in [0.1, 0.15) is 0 Å². The van der Waals surface area contributed by atoms with Gasteiger partial charge in [0.05, 0.1) is 0 Å². The molecule has 0 N–H and O–H groups in total. The van der Waals surface area contributed by atoms with Gasteiger partial charge in [-0.05, 0) is 36.2 Å². The molecule has 0 aliphatic carbocycles. The molecule has 3 aromatic rings. The molecule has 1 heteroatoms. The van der Waals surface area contributed by atoms with Crippen LogP contribution in [0.4, 0.5) is 0 Å². The van der Waals surface area contributed by atoms with Crippen molar-refractivity contribution in [3.63, 3.8) is 0 Å². The molecule has 0 bridgehead atoms. The van der Waals surface area contributed by atoms with Crippen LogP contribution in [0.5, 0.6) is 0 Å². The lowest BCUT2D eigenvalue weighted by Gasteiger charge is -2.14. The fourth-order valence-electron chi connectivity index (χ4n) is 2.17. The first-order valence-corrected chi connectivity index (χ1v) is 8.38. The Morgan fingerprint density at radius 3 is 1.86 bits per heavy atom. The highest BCUT2D eigenvalue weighted by Crippen LogP contribution is 2.35. The molecule has 3 rings (SSSR count). The van der Waals surface area contributed by atoms with Crippen LogP contribution in [0.1, 0.15) is 5.56 Å². The quantitative estimate of drug-likeness (QED) is 0.616. The number of rotatable bonds is 4. The minimum Gasteiger partial charge on any atom is -0.0622 e. The molecule has 0 saturated heterocycles. The summed E-state index contributed by atoms with van der Waals surface area (Å²) in [5.41, 5.74) is 1.19. The second kappa shape index (κ2) is 7.02. The summed E-state index contributed by atoms with van der Waals surface area (Å²) in [4.78, 5) is 0. The zero-order chi connectivity index (χ0) is 14.3. The van der Waals surface area contributed by atoms with Gasteiger partial charge in [0, 0.05) is 0 Å². The second-order valence-corrected chi connectivity index (χ2v) is 6.76. The Morgan fingerprint density at radius 1 is 0.714 bits per heavy atom. The van der Waals surface area contributed by atoms with Crippen LogP contribution in [0.2, 0.25) is 0 Å². The summed E-state index contributed by atoms with van der Waals surface area (Å²) in [6.45, 7) is 0. The third-order valence-electron chi connectivity index (χ3n) is 3.22. The lowest BCUT2D eigenvalue weighted by molar-refractivity contribution is 1.65. The topological polar surface area (TPSA) is 0 Å². The first-order chi connectivity index (χ1) is 10.4. The summed E-state index contributed by atoms with van der Waals surface area (Å²) < 4.78 is 0. The fourth-order valence-corrected chi connectivity index (χ4v) is 4.12. The van der Waals surface area contributed by atoms with E-state index in [0.717, 1.165) is 0 Å². The third-order valence-corrected chi connectivity index (χ3v) is 5.37. The van der Waals surface area contributed by atoms with Crippen LogP contribution in [0, 0.1) is 6.07 Å². The molecule has 0 nitrogen and oxygen atoms in total. The lowest BCUT2D eigenvalue weighted by atomic mass is 10.2. The Labute approximate surface area is 127 Å². The van der Waals surface area contributed by atoms with Gasteiger partial charge in [-0.25, -0.2) is 0 Å².